The number of ketones is 1. The minimum atomic E-state index is 0.436. The Hall–Kier alpha value is -0.0200. The zero-order chi connectivity index (χ0) is 8.10. The second kappa shape index (κ2) is 4.78. The first-order chi connectivity index (χ1) is 5.33. The van der Waals surface area contributed by atoms with E-state index in [-0.39, 0.29) is 0 Å². The molecule has 3 heteroatoms. The van der Waals surface area contributed by atoms with E-state index < -0.39 is 0 Å². The Morgan fingerprint density at radius 3 is 2.64 bits per heavy atom. The van der Waals surface area contributed by atoms with Gasteiger partial charge in [0.2, 0.25) is 0 Å². The molecule has 0 atom stereocenters. The molecule has 0 aliphatic carbocycles. The van der Waals surface area contributed by atoms with E-state index in [1.807, 2.05) is 11.8 Å². The number of nitrogens with zero attached hydrogens (tertiary/aromatic N) is 1. The fourth-order valence-corrected chi connectivity index (χ4v) is 1.69. The molecule has 0 spiro atoms. The standard InChI is InChI=1S/C8H15NOS/c1-11-7-6-9-4-2-8(10)3-5-9/h2-7H2,1H3. The first kappa shape index (κ1) is 9.07. The van der Waals surface area contributed by atoms with E-state index in [0.29, 0.717) is 5.78 Å². The second-order valence-corrected chi connectivity index (χ2v) is 3.86. The monoisotopic (exact) mass is 173 g/mol. The van der Waals surface area contributed by atoms with Crippen LogP contribution in [0, 0.1) is 0 Å². The highest BCUT2D eigenvalue weighted by molar-refractivity contribution is 7.98. The third kappa shape index (κ3) is 3.25. The number of thioether (sulfide) groups is 1. The maximum Gasteiger partial charge on any atom is 0.135 e. The first-order valence-corrected chi connectivity index (χ1v) is 5.45. The van der Waals surface area contributed by atoms with Gasteiger partial charge in [0.05, 0.1) is 0 Å². The van der Waals surface area contributed by atoms with E-state index in [1.54, 1.807) is 0 Å². The molecule has 1 rings (SSSR count). The van der Waals surface area contributed by atoms with Crippen LogP contribution in [0.3, 0.4) is 0 Å². The Labute approximate surface area is 72.3 Å². The normalized spacial score (nSPS) is 20.6. The van der Waals surface area contributed by atoms with E-state index >= 15 is 0 Å². The highest BCUT2D eigenvalue weighted by Crippen LogP contribution is 2.06. The highest BCUT2D eigenvalue weighted by atomic mass is 32.2. The van der Waals surface area contributed by atoms with Crippen molar-refractivity contribution in [2.75, 3.05) is 31.6 Å². The van der Waals surface area contributed by atoms with Crippen molar-refractivity contribution in [3.63, 3.8) is 0 Å². The number of likely N-dealkylation sites (tertiary alicyclic amines) is 1. The fourth-order valence-electron chi connectivity index (χ4n) is 1.25. The van der Waals surface area contributed by atoms with Crippen molar-refractivity contribution < 1.29 is 4.79 Å². The lowest BCUT2D eigenvalue weighted by Gasteiger charge is -2.25. The summed E-state index contributed by atoms with van der Waals surface area (Å²) in [7, 11) is 0. The summed E-state index contributed by atoms with van der Waals surface area (Å²) in [5.41, 5.74) is 0. The molecule has 0 aromatic heterocycles. The maximum absolute atomic E-state index is 10.9. The molecular formula is C8H15NOS. The number of Topliss-reactive ketones (excluding diaryl/α,β-unsaturated/α-hetero) is 1. The number of hydrogen-bond donors (Lipinski definition) is 0. The molecule has 0 unspecified atom stereocenters. The smallest absolute Gasteiger partial charge is 0.135 e. The quantitative estimate of drug-likeness (QED) is 0.635. The Kier molecular flexibility index (Phi) is 3.94. The number of piperidine rings is 1. The van der Waals surface area contributed by atoms with Gasteiger partial charge in [-0.05, 0) is 6.26 Å². The van der Waals surface area contributed by atoms with Gasteiger partial charge in [0.15, 0.2) is 0 Å². The van der Waals surface area contributed by atoms with Crippen molar-refractivity contribution in [3.8, 4) is 0 Å². The molecule has 64 valence electrons. The van der Waals surface area contributed by atoms with Gasteiger partial charge < -0.3 is 4.90 Å². The molecular weight excluding hydrogens is 158 g/mol. The maximum atomic E-state index is 10.9. The Balaban J connectivity index is 2.12. The summed E-state index contributed by atoms with van der Waals surface area (Å²) in [6.07, 6.45) is 3.66. The Bertz CT molecular complexity index is 128. The molecule has 2 nitrogen and oxygen atoms in total. The van der Waals surface area contributed by atoms with Gasteiger partial charge in [0.25, 0.3) is 0 Å². The molecule has 1 heterocycles. The van der Waals surface area contributed by atoms with Gasteiger partial charge in [-0.2, -0.15) is 11.8 Å². The van der Waals surface area contributed by atoms with E-state index in [1.165, 1.54) is 5.75 Å². The third-order valence-electron chi connectivity index (χ3n) is 2.03. The lowest BCUT2D eigenvalue weighted by atomic mass is 10.1. The van der Waals surface area contributed by atoms with Gasteiger partial charge in [-0.3, -0.25) is 4.79 Å². The molecule has 0 saturated carbocycles. The number of hydrogen-bond acceptors (Lipinski definition) is 3. The average Bonchev–Trinajstić information content (AvgIpc) is 2.04. The summed E-state index contributed by atoms with van der Waals surface area (Å²) in [6.45, 7) is 3.12. The minimum absolute atomic E-state index is 0.436. The molecule has 0 bridgehead atoms. The van der Waals surface area contributed by atoms with Crippen molar-refractivity contribution >= 4 is 17.5 Å². The Morgan fingerprint density at radius 2 is 2.09 bits per heavy atom. The Morgan fingerprint density at radius 1 is 1.45 bits per heavy atom. The lowest BCUT2D eigenvalue weighted by molar-refractivity contribution is -0.121. The number of carbonyl (C=O) groups excluding carboxylic acids is 1. The molecule has 0 N–H and O–H groups in total. The van der Waals surface area contributed by atoms with E-state index in [0.717, 1.165) is 32.5 Å². The van der Waals surface area contributed by atoms with Gasteiger partial charge >= 0.3 is 0 Å². The first-order valence-electron chi connectivity index (χ1n) is 4.06. The summed E-state index contributed by atoms with van der Waals surface area (Å²) < 4.78 is 0. The predicted octanol–water partition coefficient (Wildman–Crippen LogP) is 1.01. The van der Waals surface area contributed by atoms with Gasteiger partial charge in [-0.25, -0.2) is 0 Å². The van der Waals surface area contributed by atoms with Crippen molar-refractivity contribution in [1.29, 1.82) is 0 Å². The topological polar surface area (TPSA) is 20.3 Å². The van der Waals surface area contributed by atoms with Crippen LogP contribution < -0.4 is 0 Å². The molecule has 0 aromatic rings. The molecule has 1 aliphatic heterocycles. The van der Waals surface area contributed by atoms with Crippen LogP contribution >= 0.6 is 11.8 Å². The summed E-state index contributed by atoms with van der Waals surface area (Å²) in [5.74, 6) is 1.62. The SMILES string of the molecule is CSCCN1CCC(=O)CC1. The van der Waals surface area contributed by atoms with Gasteiger partial charge in [-0.1, -0.05) is 0 Å². The van der Waals surface area contributed by atoms with Crippen molar-refractivity contribution in [2.24, 2.45) is 0 Å². The second-order valence-electron chi connectivity index (χ2n) is 2.87. The van der Waals surface area contributed by atoms with Crippen LogP contribution in [-0.4, -0.2) is 42.3 Å². The zero-order valence-electron chi connectivity index (χ0n) is 7.01. The molecule has 1 saturated heterocycles. The fraction of sp³-hybridized carbons (Fsp3) is 0.875. The summed E-state index contributed by atoms with van der Waals surface area (Å²) in [4.78, 5) is 13.2. The van der Waals surface area contributed by atoms with Crippen LogP contribution in [0.4, 0.5) is 0 Å². The summed E-state index contributed by atoms with van der Waals surface area (Å²) in [5, 5.41) is 0. The molecule has 0 amide bonds. The molecule has 0 aromatic carbocycles. The van der Waals surface area contributed by atoms with Crippen molar-refractivity contribution in [1.82, 2.24) is 4.90 Å². The van der Waals surface area contributed by atoms with Crippen LogP contribution in [0.2, 0.25) is 0 Å². The van der Waals surface area contributed by atoms with Crippen molar-refractivity contribution in [3.05, 3.63) is 0 Å². The van der Waals surface area contributed by atoms with Crippen molar-refractivity contribution in [2.45, 2.75) is 12.8 Å². The van der Waals surface area contributed by atoms with E-state index in [4.69, 9.17) is 0 Å². The molecule has 1 aliphatic rings. The minimum Gasteiger partial charge on any atom is -0.302 e. The van der Waals surface area contributed by atoms with Gasteiger partial charge in [0.1, 0.15) is 5.78 Å². The van der Waals surface area contributed by atoms with Crippen LogP contribution in [0.5, 0.6) is 0 Å². The predicted molar refractivity (Wildman–Crippen MR) is 49.1 cm³/mol. The van der Waals surface area contributed by atoms with Gasteiger partial charge in [0, 0.05) is 38.2 Å². The van der Waals surface area contributed by atoms with Crippen LogP contribution in [0.25, 0.3) is 0 Å². The zero-order valence-corrected chi connectivity index (χ0v) is 7.82. The third-order valence-corrected chi connectivity index (χ3v) is 2.62. The molecule has 0 radical (unpaired) electrons. The lowest BCUT2D eigenvalue weighted by Crippen LogP contribution is -2.35. The largest absolute Gasteiger partial charge is 0.302 e. The van der Waals surface area contributed by atoms with Crippen LogP contribution in [0.15, 0.2) is 0 Å². The highest BCUT2D eigenvalue weighted by Gasteiger charge is 2.14. The van der Waals surface area contributed by atoms with Gasteiger partial charge in [-0.15, -0.1) is 0 Å². The summed E-state index contributed by atoms with van der Waals surface area (Å²) >= 11 is 1.87. The molecule has 1 fully saturated rings. The number of rotatable bonds is 3. The van der Waals surface area contributed by atoms with Crippen LogP contribution in [-0.2, 0) is 4.79 Å². The summed E-state index contributed by atoms with van der Waals surface area (Å²) in [6, 6.07) is 0. The van der Waals surface area contributed by atoms with E-state index in [2.05, 4.69) is 11.2 Å². The molecule has 11 heavy (non-hydrogen) atoms. The average molecular weight is 173 g/mol. The van der Waals surface area contributed by atoms with E-state index in [9.17, 15) is 4.79 Å². The number of carbonyl (C=O) groups is 1. The van der Waals surface area contributed by atoms with Crippen LogP contribution in [0.1, 0.15) is 12.8 Å².